The Hall–Kier alpha value is -1.89. The Bertz CT molecular complexity index is 695. The van der Waals surface area contributed by atoms with Crippen molar-refractivity contribution >= 4 is 17.7 Å². The fraction of sp³-hybridized carbons (Fsp3) is 0.783. The van der Waals surface area contributed by atoms with Crippen molar-refractivity contribution < 1.29 is 4.79 Å². The van der Waals surface area contributed by atoms with Crippen molar-refractivity contribution in [2.75, 3.05) is 49.5 Å². The van der Waals surface area contributed by atoms with Crippen LogP contribution in [0.1, 0.15) is 58.8 Å². The SMILES string of the molecule is CC(C)C(=O)N1CCC(N2CCC(Nc3nccc(N4CCCCCC4)n3)C2)CC1. The molecule has 1 amide bonds. The molecule has 7 heteroatoms. The Morgan fingerprint density at radius 1 is 1.03 bits per heavy atom. The molecule has 4 heterocycles. The molecule has 0 spiro atoms. The molecule has 3 fully saturated rings. The highest BCUT2D eigenvalue weighted by molar-refractivity contribution is 5.78. The minimum absolute atomic E-state index is 0.104. The predicted octanol–water partition coefficient (Wildman–Crippen LogP) is 2.99. The summed E-state index contributed by atoms with van der Waals surface area (Å²) in [6.07, 6.45) is 10.4. The van der Waals surface area contributed by atoms with Gasteiger partial charge in [-0.3, -0.25) is 9.69 Å². The molecule has 3 aliphatic heterocycles. The van der Waals surface area contributed by atoms with Crippen molar-refractivity contribution in [3.05, 3.63) is 12.3 Å². The van der Waals surface area contributed by atoms with E-state index in [2.05, 4.69) is 25.0 Å². The molecule has 0 aliphatic carbocycles. The Balaban J connectivity index is 1.27. The lowest BCUT2D eigenvalue weighted by atomic mass is 10.0. The Labute approximate surface area is 181 Å². The number of amides is 1. The van der Waals surface area contributed by atoms with Crippen molar-refractivity contribution in [3.8, 4) is 0 Å². The maximum absolute atomic E-state index is 12.2. The normalized spacial score (nSPS) is 24.3. The summed E-state index contributed by atoms with van der Waals surface area (Å²) in [6, 6.07) is 3.04. The fourth-order valence-corrected chi connectivity index (χ4v) is 5.13. The third-order valence-corrected chi connectivity index (χ3v) is 6.91. The van der Waals surface area contributed by atoms with Crippen LogP contribution >= 0.6 is 0 Å². The molecular weight excluding hydrogens is 376 g/mol. The Kier molecular flexibility index (Phi) is 7.08. The van der Waals surface area contributed by atoms with Crippen molar-refractivity contribution in [2.24, 2.45) is 5.92 Å². The number of hydrogen-bond acceptors (Lipinski definition) is 6. The average molecular weight is 415 g/mol. The fourth-order valence-electron chi connectivity index (χ4n) is 5.13. The summed E-state index contributed by atoms with van der Waals surface area (Å²) in [4.78, 5) is 28.6. The zero-order chi connectivity index (χ0) is 20.9. The lowest BCUT2D eigenvalue weighted by Gasteiger charge is -2.37. The highest BCUT2D eigenvalue weighted by Crippen LogP contribution is 2.24. The van der Waals surface area contributed by atoms with E-state index in [9.17, 15) is 4.79 Å². The van der Waals surface area contributed by atoms with Crippen LogP contribution in [0.5, 0.6) is 0 Å². The minimum Gasteiger partial charge on any atom is -0.356 e. The number of carbonyl (C=O) groups excluding carboxylic acids is 1. The van der Waals surface area contributed by atoms with Crippen molar-refractivity contribution in [1.82, 2.24) is 19.8 Å². The minimum atomic E-state index is 0.104. The molecule has 1 N–H and O–H groups in total. The first kappa shape index (κ1) is 21.3. The number of aromatic nitrogens is 2. The Morgan fingerprint density at radius 2 is 1.77 bits per heavy atom. The van der Waals surface area contributed by atoms with Crippen LogP contribution in [-0.4, -0.2) is 77.0 Å². The second-order valence-electron chi connectivity index (χ2n) is 9.48. The number of piperidine rings is 1. The lowest BCUT2D eigenvalue weighted by Crippen LogP contribution is -2.47. The highest BCUT2D eigenvalue weighted by Gasteiger charge is 2.32. The molecule has 3 aliphatic rings. The van der Waals surface area contributed by atoms with Crippen LogP contribution in [0.4, 0.5) is 11.8 Å². The van der Waals surface area contributed by atoms with Gasteiger partial charge in [0.05, 0.1) is 0 Å². The lowest BCUT2D eigenvalue weighted by molar-refractivity contribution is -0.136. The quantitative estimate of drug-likeness (QED) is 0.799. The third kappa shape index (κ3) is 5.23. The summed E-state index contributed by atoms with van der Waals surface area (Å²) < 4.78 is 0. The number of rotatable bonds is 5. The van der Waals surface area contributed by atoms with Gasteiger partial charge in [-0.05, 0) is 38.2 Å². The van der Waals surface area contributed by atoms with Gasteiger partial charge in [0.25, 0.3) is 0 Å². The van der Waals surface area contributed by atoms with E-state index in [0.29, 0.717) is 18.0 Å². The van der Waals surface area contributed by atoms with E-state index < -0.39 is 0 Å². The molecule has 166 valence electrons. The van der Waals surface area contributed by atoms with Gasteiger partial charge in [0.2, 0.25) is 11.9 Å². The van der Waals surface area contributed by atoms with Gasteiger partial charge in [-0.2, -0.15) is 4.98 Å². The number of nitrogens with zero attached hydrogens (tertiary/aromatic N) is 5. The van der Waals surface area contributed by atoms with Gasteiger partial charge in [-0.25, -0.2) is 4.98 Å². The second kappa shape index (κ2) is 9.94. The van der Waals surface area contributed by atoms with Crippen LogP contribution < -0.4 is 10.2 Å². The average Bonchev–Trinajstić information content (AvgIpc) is 3.05. The van der Waals surface area contributed by atoms with Crippen LogP contribution in [0.3, 0.4) is 0 Å². The van der Waals surface area contributed by atoms with Crippen molar-refractivity contribution in [1.29, 1.82) is 0 Å². The van der Waals surface area contributed by atoms with Gasteiger partial charge in [0.1, 0.15) is 5.82 Å². The summed E-state index contributed by atoms with van der Waals surface area (Å²) >= 11 is 0. The summed E-state index contributed by atoms with van der Waals surface area (Å²) in [5, 5.41) is 3.59. The van der Waals surface area contributed by atoms with E-state index in [1.807, 2.05) is 26.1 Å². The predicted molar refractivity (Wildman–Crippen MR) is 121 cm³/mol. The molecule has 1 aromatic heterocycles. The maximum atomic E-state index is 12.2. The van der Waals surface area contributed by atoms with E-state index in [-0.39, 0.29) is 5.92 Å². The van der Waals surface area contributed by atoms with E-state index in [1.54, 1.807) is 0 Å². The van der Waals surface area contributed by atoms with E-state index in [4.69, 9.17) is 4.98 Å². The molecule has 0 saturated carbocycles. The maximum Gasteiger partial charge on any atom is 0.225 e. The first-order chi connectivity index (χ1) is 14.6. The number of hydrogen-bond donors (Lipinski definition) is 1. The van der Waals surface area contributed by atoms with Crippen LogP contribution in [-0.2, 0) is 4.79 Å². The van der Waals surface area contributed by atoms with E-state index in [0.717, 1.165) is 70.3 Å². The smallest absolute Gasteiger partial charge is 0.225 e. The summed E-state index contributed by atoms with van der Waals surface area (Å²) in [5.41, 5.74) is 0. The number of nitrogens with one attached hydrogen (secondary N) is 1. The molecule has 1 aromatic rings. The summed E-state index contributed by atoms with van der Waals surface area (Å²) in [6.45, 7) is 10.2. The summed E-state index contributed by atoms with van der Waals surface area (Å²) in [7, 11) is 0. The van der Waals surface area contributed by atoms with Gasteiger partial charge in [0.15, 0.2) is 0 Å². The van der Waals surface area contributed by atoms with Crippen molar-refractivity contribution in [3.63, 3.8) is 0 Å². The first-order valence-electron chi connectivity index (χ1n) is 12.0. The molecule has 1 unspecified atom stereocenters. The van der Waals surface area contributed by atoms with Crippen molar-refractivity contribution in [2.45, 2.75) is 70.9 Å². The molecule has 4 rings (SSSR count). The molecular formula is C23H38N6O. The third-order valence-electron chi connectivity index (χ3n) is 6.91. The van der Waals surface area contributed by atoms with Gasteiger partial charge < -0.3 is 15.1 Å². The second-order valence-corrected chi connectivity index (χ2v) is 9.48. The van der Waals surface area contributed by atoms with Crippen LogP contribution in [0, 0.1) is 5.92 Å². The van der Waals surface area contributed by atoms with Crippen LogP contribution in [0.15, 0.2) is 12.3 Å². The molecule has 1 atom stereocenters. The van der Waals surface area contributed by atoms with Gasteiger partial charge >= 0.3 is 0 Å². The van der Waals surface area contributed by atoms with Crippen LogP contribution in [0.2, 0.25) is 0 Å². The first-order valence-corrected chi connectivity index (χ1v) is 12.0. The molecule has 3 saturated heterocycles. The number of carbonyl (C=O) groups is 1. The highest BCUT2D eigenvalue weighted by atomic mass is 16.2. The molecule has 30 heavy (non-hydrogen) atoms. The molecule has 0 aromatic carbocycles. The van der Waals surface area contributed by atoms with E-state index in [1.165, 1.54) is 25.7 Å². The largest absolute Gasteiger partial charge is 0.356 e. The Morgan fingerprint density at radius 3 is 2.47 bits per heavy atom. The standard InChI is InChI=1S/C23H38N6O/c1-18(2)22(30)28-15-9-20(10-16-28)29-14-8-19(17-29)25-23-24-11-7-21(26-23)27-12-5-3-4-6-13-27/h7,11,18-20H,3-6,8-10,12-17H2,1-2H3,(H,24,25,26). The van der Waals surface area contributed by atoms with Gasteiger partial charge in [0, 0.05) is 63.5 Å². The number of anilines is 2. The molecule has 0 bridgehead atoms. The zero-order valence-corrected chi connectivity index (χ0v) is 18.7. The molecule has 0 radical (unpaired) electrons. The monoisotopic (exact) mass is 414 g/mol. The number of likely N-dealkylation sites (tertiary alicyclic amines) is 2. The van der Waals surface area contributed by atoms with Crippen LogP contribution in [0.25, 0.3) is 0 Å². The summed E-state index contributed by atoms with van der Waals surface area (Å²) in [5.74, 6) is 2.23. The zero-order valence-electron chi connectivity index (χ0n) is 18.7. The van der Waals surface area contributed by atoms with Gasteiger partial charge in [-0.1, -0.05) is 26.7 Å². The topological polar surface area (TPSA) is 64.6 Å². The van der Waals surface area contributed by atoms with Gasteiger partial charge in [-0.15, -0.1) is 0 Å². The molecule has 7 nitrogen and oxygen atoms in total. The van der Waals surface area contributed by atoms with E-state index >= 15 is 0 Å².